The van der Waals surface area contributed by atoms with Gasteiger partial charge in [-0.05, 0) is 44.1 Å². The van der Waals surface area contributed by atoms with Crippen LogP contribution in [0, 0.1) is 11.8 Å². The summed E-state index contributed by atoms with van der Waals surface area (Å²) in [6.07, 6.45) is 16.2. The number of rotatable bonds is 10. The summed E-state index contributed by atoms with van der Waals surface area (Å²) in [5.74, 6) is -0.340. The summed E-state index contributed by atoms with van der Waals surface area (Å²) in [4.78, 5) is 10.3. The summed E-state index contributed by atoms with van der Waals surface area (Å²) in [6, 6.07) is 0. The molecule has 0 spiro atoms. The van der Waals surface area contributed by atoms with E-state index >= 15 is 0 Å². The Kier molecular flexibility index (Phi) is 14.4. The van der Waals surface area contributed by atoms with Crippen LogP contribution in [0.5, 0.6) is 0 Å². The van der Waals surface area contributed by atoms with Crippen molar-refractivity contribution in [2.75, 3.05) is 0 Å². The van der Waals surface area contributed by atoms with Crippen LogP contribution in [0.4, 0.5) is 0 Å². The van der Waals surface area contributed by atoms with E-state index in [1.807, 2.05) is 6.08 Å². The van der Waals surface area contributed by atoms with Gasteiger partial charge < -0.3 is 15.3 Å². The van der Waals surface area contributed by atoms with Gasteiger partial charge in [0.15, 0.2) is 0 Å². The van der Waals surface area contributed by atoms with Crippen molar-refractivity contribution in [3.05, 3.63) is 24.5 Å². The number of allylic oxidation sites excluding steroid dienone is 2. The molecule has 0 aliphatic heterocycles. The first-order valence-corrected chi connectivity index (χ1v) is 9.42. The third-order valence-electron chi connectivity index (χ3n) is 4.45. The van der Waals surface area contributed by atoms with E-state index in [0.717, 1.165) is 31.9 Å². The minimum absolute atomic E-state index is 0.0404. The van der Waals surface area contributed by atoms with Crippen LogP contribution in [0.25, 0.3) is 0 Å². The molecule has 1 saturated carbocycles. The molecule has 24 heavy (non-hydrogen) atoms. The lowest BCUT2D eigenvalue weighted by atomic mass is 9.91. The summed E-state index contributed by atoms with van der Waals surface area (Å²) >= 11 is 0. The van der Waals surface area contributed by atoms with Gasteiger partial charge in [-0.2, -0.15) is 0 Å². The second kappa shape index (κ2) is 15.3. The number of carboxylic acid groups (broad SMARTS) is 1. The molecule has 0 amide bonds. The van der Waals surface area contributed by atoms with E-state index < -0.39 is 5.97 Å². The van der Waals surface area contributed by atoms with Crippen LogP contribution < -0.4 is 0 Å². The molecule has 1 unspecified atom stereocenters. The van der Waals surface area contributed by atoms with Crippen LogP contribution in [0.1, 0.15) is 78.1 Å². The van der Waals surface area contributed by atoms with Crippen molar-refractivity contribution in [1.82, 2.24) is 0 Å². The maximum atomic E-state index is 10.3. The number of aliphatic hydroxyl groups is 2. The van der Waals surface area contributed by atoms with Crippen LogP contribution in [0.2, 0.25) is 0 Å². The molecular formula is C20H36O4. The van der Waals surface area contributed by atoms with Gasteiger partial charge in [-0.25, -0.2) is 0 Å². The summed E-state index contributed by atoms with van der Waals surface area (Å²) in [5, 5.41) is 27.0. The molecule has 0 aromatic carbocycles. The predicted octanol–water partition coefficient (Wildman–Crippen LogP) is 5.23. The standard InChI is InChI=1S/C14H22O4.C6H14/c15-10-9-12-11(7-8-13(12)16)5-3-1-2-4-6-14(17)18;1-3-5-6-4-2/h1,3,9-13,15-16H,2,4-8H2,(H,17,18);3-6H2,1-2H3/b3-1-,10-9+;/t11-,12?,13+;/m0./s1. The zero-order chi connectivity index (χ0) is 18.2. The third kappa shape index (κ3) is 11.3. The van der Waals surface area contributed by atoms with Gasteiger partial charge in [-0.1, -0.05) is 51.7 Å². The lowest BCUT2D eigenvalue weighted by Crippen LogP contribution is -2.16. The van der Waals surface area contributed by atoms with E-state index in [1.54, 1.807) is 6.08 Å². The van der Waals surface area contributed by atoms with Gasteiger partial charge >= 0.3 is 5.97 Å². The summed E-state index contributed by atoms with van der Waals surface area (Å²) in [7, 11) is 0. The first-order valence-electron chi connectivity index (χ1n) is 9.42. The largest absolute Gasteiger partial charge is 0.516 e. The predicted molar refractivity (Wildman–Crippen MR) is 99.0 cm³/mol. The van der Waals surface area contributed by atoms with E-state index in [1.165, 1.54) is 25.7 Å². The normalized spacial score (nSPS) is 23.5. The van der Waals surface area contributed by atoms with Gasteiger partial charge in [0.1, 0.15) is 0 Å². The maximum Gasteiger partial charge on any atom is 0.303 e. The molecular weight excluding hydrogens is 304 g/mol. The first kappa shape index (κ1) is 22.7. The molecule has 0 heterocycles. The Morgan fingerprint density at radius 1 is 1.08 bits per heavy atom. The molecule has 1 aliphatic carbocycles. The lowest BCUT2D eigenvalue weighted by Gasteiger charge is -2.16. The highest BCUT2D eigenvalue weighted by atomic mass is 16.4. The quantitative estimate of drug-likeness (QED) is 0.289. The average molecular weight is 341 g/mol. The Hall–Kier alpha value is -1.29. The SMILES string of the molecule is CCCCCC.O=C(O)CCC/C=C\C[C@H]1CC[C@@H](O)C1/C=C/O. The van der Waals surface area contributed by atoms with Gasteiger partial charge in [-0.3, -0.25) is 4.79 Å². The van der Waals surface area contributed by atoms with Crippen molar-refractivity contribution in [1.29, 1.82) is 0 Å². The number of aliphatic carboxylic acids is 1. The van der Waals surface area contributed by atoms with Crippen LogP contribution in [0.15, 0.2) is 24.5 Å². The third-order valence-corrected chi connectivity index (χ3v) is 4.45. The Morgan fingerprint density at radius 2 is 1.75 bits per heavy atom. The second-order valence-electron chi connectivity index (χ2n) is 6.52. The number of hydrogen-bond acceptors (Lipinski definition) is 3. The fourth-order valence-corrected chi connectivity index (χ4v) is 3.00. The number of aliphatic hydroxyl groups excluding tert-OH is 2. The van der Waals surface area contributed by atoms with Crippen molar-refractivity contribution in [2.24, 2.45) is 11.8 Å². The Labute approximate surface area is 147 Å². The number of hydrogen-bond donors (Lipinski definition) is 3. The van der Waals surface area contributed by atoms with Crippen molar-refractivity contribution in [3.63, 3.8) is 0 Å². The number of carbonyl (C=O) groups is 1. The smallest absolute Gasteiger partial charge is 0.303 e. The van der Waals surface area contributed by atoms with Crippen LogP contribution in [-0.2, 0) is 4.79 Å². The summed E-state index contributed by atoms with van der Waals surface area (Å²) in [6.45, 7) is 4.46. The van der Waals surface area contributed by atoms with Crippen LogP contribution >= 0.6 is 0 Å². The second-order valence-corrected chi connectivity index (χ2v) is 6.52. The molecule has 3 N–H and O–H groups in total. The molecule has 3 atom stereocenters. The molecule has 1 aliphatic rings. The molecule has 0 bridgehead atoms. The van der Waals surface area contributed by atoms with Gasteiger partial charge in [0.25, 0.3) is 0 Å². The van der Waals surface area contributed by atoms with Gasteiger partial charge in [0.05, 0.1) is 12.4 Å². The zero-order valence-electron chi connectivity index (χ0n) is 15.4. The number of carboxylic acids is 1. The van der Waals surface area contributed by atoms with E-state index in [4.69, 9.17) is 10.2 Å². The zero-order valence-corrected chi connectivity index (χ0v) is 15.4. The maximum absolute atomic E-state index is 10.3. The van der Waals surface area contributed by atoms with Crippen LogP contribution in [0.3, 0.4) is 0 Å². The molecule has 4 heteroatoms. The summed E-state index contributed by atoms with van der Waals surface area (Å²) < 4.78 is 0. The van der Waals surface area contributed by atoms with E-state index in [-0.39, 0.29) is 18.4 Å². The highest BCUT2D eigenvalue weighted by Gasteiger charge is 2.32. The molecule has 0 radical (unpaired) electrons. The van der Waals surface area contributed by atoms with Crippen molar-refractivity contribution in [2.45, 2.75) is 84.2 Å². The van der Waals surface area contributed by atoms with Crippen LogP contribution in [-0.4, -0.2) is 27.4 Å². The fraction of sp³-hybridized carbons (Fsp3) is 0.750. The van der Waals surface area contributed by atoms with Crippen molar-refractivity contribution >= 4 is 5.97 Å². The Balaban J connectivity index is 0.000000754. The van der Waals surface area contributed by atoms with Crippen molar-refractivity contribution in [3.8, 4) is 0 Å². The molecule has 140 valence electrons. The van der Waals surface area contributed by atoms with Gasteiger partial charge in [0, 0.05) is 12.3 Å². The molecule has 0 aromatic rings. The average Bonchev–Trinajstić information content (AvgIpc) is 2.90. The molecule has 1 fully saturated rings. The minimum atomic E-state index is -0.754. The summed E-state index contributed by atoms with van der Waals surface area (Å²) in [5.41, 5.74) is 0. The minimum Gasteiger partial charge on any atom is -0.516 e. The fourth-order valence-electron chi connectivity index (χ4n) is 3.00. The lowest BCUT2D eigenvalue weighted by molar-refractivity contribution is -0.137. The molecule has 0 saturated heterocycles. The Bertz CT molecular complexity index is 359. The highest BCUT2D eigenvalue weighted by molar-refractivity contribution is 5.66. The molecule has 1 rings (SSSR count). The molecule has 0 aromatic heterocycles. The van der Waals surface area contributed by atoms with Gasteiger partial charge in [-0.15, -0.1) is 0 Å². The topological polar surface area (TPSA) is 77.8 Å². The molecule has 4 nitrogen and oxygen atoms in total. The Morgan fingerprint density at radius 3 is 2.29 bits per heavy atom. The first-order chi connectivity index (χ1) is 11.6. The van der Waals surface area contributed by atoms with Crippen molar-refractivity contribution < 1.29 is 20.1 Å². The highest BCUT2D eigenvalue weighted by Crippen LogP contribution is 2.35. The van der Waals surface area contributed by atoms with E-state index in [0.29, 0.717) is 12.3 Å². The number of unbranched alkanes of at least 4 members (excludes halogenated alkanes) is 4. The van der Waals surface area contributed by atoms with E-state index in [2.05, 4.69) is 19.9 Å². The van der Waals surface area contributed by atoms with Gasteiger partial charge in [0.2, 0.25) is 0 Å². The van der Waals surface area contributed by atoms with E-state index in [9.17, 15) is 9.90 Å². The monoisotopic (exact) mass is 340 g/mol.